The molecule has 2 rings (SSSR count). The van der Waals surface area contributed by atoms with Gasteiger partial charge in [-0.1, -0.05) is 19.8 Å². The van der Waals surface area contributed by atoms with Crippen molar-refractivity contribution in [1.82, 2.24) is 15.1 Å². The lowest BCUT2D eigenvalue weighted by atomic mass is 10.00. The third-order valence-electron chi connectivity index (χ3n) is 4.78. The molecule has 0 aromatic heterocycles. The SMILES string of the molecule is CCCC1CN(CC2CCCCN2C)C(C)CN1. The molecule has 0 spiro atoms. The Morgan fingerprint density at radius 3 is 2.83 bits per heavy atom. The largest absolute Gasteiger partial charge is 0.311 e. The molecule has 0 aromatic carbocycles. The molecular formula is C15H31N3. The summed E-state index contributed by atoms with van der Waals surface area (Å²) in [7, 11) is 2.31. The summed E-state index contributed by atoms with van der Waals surface area (Å²) in [5.74, 6) is 0. The van der Waals surface area contributed by atoms with Crippen LogP contribution in [0.25, 0.3) is 0 Å². The Balaban J connectivity index is 1.85. The van der Waals surface area contributed by atoms with E-state index in [0.29, 0.717) is 6.04 Å². The van der Waals surface area contributed by atoms with Gasteiger partial charge in [0.2, 0.25) is 0 Å². The maximum atomic E-state index is 3.69. The summed E-state index contributed by atoms with van der Waals surface area (Å²) >= 11 is 0. The van der Waals surface area contributed by atoms with Gasteiger partial charge in [-0.3, -0.25) is 4.90 Å². The highest BCUT2D eigenvalue weighted by atomic mass is 15.3. The minimum Gasteiger partial charge on any atom is -0.311 e. The van der Waals surface area contributed by atoms with Gasteiger partial charge in [0.1, 0.15) is 0 Å². The van der Waals surface area contributed by atoms with Gasteiger partial charge in [-0.15, -0.1) is 0 Å². The van der Waals surface area contributed by atoms with Crippen molar-refractivity contribution in [3.05, 3.63) is 0 Å². The molecule has 106 valence electrons. The van der Waals surface area contributed by atoms with Crippen LogP contribution in [0.2, 0.25) is 0 Å². The van der Waals surface area contributed by atoms with Gasteiger partial charge in [0, 0.05) is 37.8 Å². The molecule has 0 aliphatic carbocycles. The molecule has 2 heterocycles. The summed E-state index contributed by atoms with van der Waals surface area (Å²) in [6, 6.07) is 2.22. The maximum absolute atomic E-state index is 3.69. The second-order valence-electron chi connectivity index (χ2n) is 6.33. The predicted molar refractivity (Wildman–Crippen MR) is 78.0 cm³/mol. The van der Waals surface area contributed by atoms with Crippen LogP contribution in [-0.4, -0.2) is 61.2 Å². The second kappa shape index (κ2) is 6.88. The van der Waals surface area contributed by atoms with Crippen molar-refractivity contribution in [2.75, 3.05) is 33.2 Å². The molecule has 2 aliphatic heterocycles. The van der Waals surface area contributed by atoms with Gasteiger partial charge in [0.15, 0.2) is 0 Å². The molecule has 18 heavy (non-hydrogen) atoms. The van der Waals surface area contributed by atoms with Crippen LogP contribution < -0.4 is 5.32 Å². The van der Waals surface area contributed by atoms with E-state index in [9.17, 15) is 0 Å². The third kappa shape index (κ3) is 3.69. The number of likely N-dealkylation sites (tertiary alicyclic amines) is 1. The summed E-state index contributed by atoms with van der Waals surface area (Å²) < 4.78 is 0. The highest BCUT2D eigenvalue weighted by Crippen LogP contribution is 2.19. The smallest absolute Gasteiger partial charge is 0.0220 e. The first-order chi connectivity index (χ1) is 8.70. The van der Waals surface area contributed by atoms with E-state index in [2.05, 4.69) is 36.0 Å². The molecule has 2 aliphatic rings. The molecular weight excluding hydrogens is 222 g/mol. The third-order valence-corrected chi connectivity index (χ3v) is 4.78. The Labute approximate surface area is 113 Å². The van der Waals surface area contributed by atoms with Crippen molar-refractivity contribution in [3.8, 4) is 0 Å². The molecule has 2 saturated heterocycles. The number of likely N-dealkylation sites (N-methyl/N-ethyl adjacent to an activating group) is 1. The van der Waals surface area contributed by atoms with Crippen LogP contribution in [0.1, 0.15) is 46.0 Å². The predicted octanol–water partition coefficient (Wildman–Crippen LogP) is 1.93. The summed E-state index contributed by atoms with van der Waals surface area (Å²) in [6.07, 6.45) is 6.83. The first-order valence-electron chi connectivity index (χ1n) is 7.88. The molecule has 0 saturated carbocycles. The fourth-order valence-corrected chi connectivity index (χ4v) is 3.44. The monoisotopic (exact) mass is 253 g/mol. The van der Waals surface area contributed by atoms with Gasteiger partial charge in [0.05, 0.1) is 0 Å². The van der Waals surface area contributed by atoms with Crippen LogP contribution in [0.4, 0.5) is 0 Å². The van der Waals surface area contributed by atoms with Crippen molar-refractivity contribution >= 4 is 0 Å². The number of hydrogen-bond acceptors (Lipinski definition) is 3. The lowest BCUT2D eigenvalue weighted by Crippen LogP contribution is -2.58. The van der Waals surface area contributed by atoms with Crippen LogP contribution >= 0.6 is 0 Å². The molecule has 0 radical (unpaired) electrons. The highest BCUT2D eigenvalue weighted by Gasteiger charge is 2.28. The molecule has 0 bridgehead atoms. The summed E-state index contributed by atoms with van der Waals surface area (Å²) in [6.45, 7) is 9.65. The molecule has 3 atom stereocenters. The molecule has 1 N–H and O–H groups in total. The molecule has 0 aromatic rings. The van der Waals surface area contributed by atoms with E-state index in [0.717, 1.165) is 12.1 Å². The van der Waals surface area contributed by atoms with Gasteiger partial charge < -0.3 is 10.2 Å². The zero-order valence-corrected chi connectivity index (χ0v) is 12.5. The normalized spacial score (nSPS) is 35.8. The number of rotatable bonds is 4. The lowest BCUT2D eigenvalue weighted by Gasteiger charge is -2.43. The van der Waals surface area contributed by atoms with Crippen molar-refractivity contribution in [1.29, 1.82) is 0 Å². The summed E-state index contributed by atoms with van der Waals surface area (Å²) in [5, 5.41) is 3.69. The first kappa shape index (κ1) is 14.3. The Kier molecular flexibility index (Phi) is 5.46. The number of nitrogens with one attached hydrogen (secondary N) is 1. The van der Waals surface area contributed by atoms with E-state index >= 15 is 0 Å². The molecule has 0 amide bonds. The van der Waals surface area contributed by atoms with Gasteiger partial charge in [0.25, 0.3) is 0 Å². The molecule has 2 fully saturated rings. The highest BCUT2D eigenvalue weighted by molar-refractivity contribution is 4.87. The van der Waals surface area contributed by atoms with E-state index in [1.807, 2.05) is 0 Å². The van der Waals surface area contributed by atoms with Crippen LogP contribution in [0.3, 0.4) is 0 Å². The van der Waals surface area contributed by atoms with Crippen LogP contribution in [0.15, 0.2) is 0 Å². The van der Waals surface area contributed by atoms with Crippen molar-refractivity contribution in [2.24, 2.45) is 0 Å². The summed E-state index contributed by atoms with van der Waals surface area (Å²) in [4.78, 5) is 5.30. The van der Waals surface area contributed by atoms with Crippen molar-refractivity contribution < 1.29 is 0 Å². The van der Waals surface area contributed by atoms with E-state index < -0.39 is 0 Å². The Morgan fingerprint density at radius 2 is 2.11 bits per heavy atom. The fraction of sp³-hybridized carbons (Fsp3) is 1.00. The van der Waals surface area contributed by atoms with E-state index in [-0.39, 0.29) is 0 Å². The molecule has 3 heteroatoms. The minimum absolute atomic E-state index is 0.702. The number of hydrogen-bond donors (Lipinski definition) is 1. The average Bonchev–Trinajstić information content (AvgIpc) is 2.36. The Hall–Kier alpha value is -0.120. The van der Waals surface area contributed by atoms with Gasteiger partial charge in [-0.05, 0) is 39.8 Å². The van der Waals surface area contributed by atoms with Gasteiger partial charge in [-0.2, -0.15) is 0 Å². The molecule has 3 nitrogen and oxygen atoms in total. The topological polar surface area (TPSA) is 18.5 Å². The average molecular weight is 253 g/mol. The fourth-order valence-electron chi connectivity index (χ4n) is 3.44. The maximum Gasteiger partial charge on any atom is 0.0220 e. The zero-order chi connectivity index (χ0) is 13.0. The minimum atomic E-state index is 0.702. The molecule has 3 unspecified atom stereocenters. The number of nitrogens with zero attached hydrogens (tertiary/aromatic N) is 2. The Morgan fingerprint density at radius 1 is 1.28 bits per heavy atom. The quantitative estimate of drug-likeness (QED) is 0.826. The van der Waals surface area contributed by atoms with Crippen LogP contribution in [-0.2, 0) is 0 Å². The Bertz CT molecular complexity index is 244. The van der Waals surface area contributed by atoms with Gasteiger partial charge >= 0.3 is 0 Å². The van der Waals surface area contributed by atoms with Crippen molar-refractivity contribution in [3.63, 3.8) is 0 Å². The van der Waals surface area contributed by atoms with E-state index in [1.165, 1.54) is 58.3 Å². The van der Waals surface area contributed by atoms with Crippen LogP contribution in [0, 0.1) is 0 Å². The van der Waals surface area contributed by atoms with E-state index in [4.69, 9.17) is 0 Å². The first-order valence-corrected chi connectivity index (χ1v) is 7.88. The van der Waals surface area contributed by atoms with Gasteiger partial charge in [-0.25, -0.2) is 0 Å². The number of piperidine rings is 1. The lowest BCUT2D eigenvalue weighted by molar-refractivity contribution is 0.0774. The number of piperazine rings is 1. The second-order valence-corrected chi connectivity index (χ2v) is 6.33. The summed E-state index contributed by atoms with van der Waals surface area (Å²) in [5.41, 5.74) is 0. The van der Waals surface area contributed by atoms with E-state index in [1.54, 1.807) is 0 Å². The van der Waals surface area contributed by atoms with Crippen molar-refractivity contribution in [2.45, 2.75) is 64.1 Å². The zero-order valence-electron chi connectivity index (χ0n) is 12.5. The standard InChI is InChI=1S/C15H31N3/c1-4-7-14-11-18(13(2)10-16-14)12-15-8-5-6-9-17(15)3/h13-16H,4-12H2,1-3H3. The van der Waals surface area contributed by atoms with Crippen LogP contribution in [0.5, 0.6) is 0 Å².